The maximum atomic E-state index is 5.99. The summed E-state index contributed by atoms with van der Waals surface area (Å²) in [4.78, 5) is 13.7. The molecule has 0 amide bonds. The fourth-order valence-corrected chi connectivity index (χ4v) is 3.96. The van der Waals surface area contributed by atoms with E-state index < -0.39 is 0 Å². The lowest BCUT2D eigenvalue weighted by molar-refractivity contribution is 0.0708. The first-order valence-electron chi connectivity index (χ1n) is 7.49. The molecule has 2 aromatic rings. The summed E-state index contributed by atoms with van der Waals surface area (Å²) in [5.41, 5.74) is 5.99. The molecular weight excluding hydrogens is 284 g/mol. The monoisotopic (exact) mass is 306 g/mol. The number of thiophene rings is 1. The average molecular weight is 306 g/mol. The number of nitrogens with zero attached hydrogens (tertiary/aromatic N) is 3. The second-order valence-corrected chi connectivity index (χ2v) is 6.56. The number of aryl methyl sites for hydroxylation is 1. The van der Waals surface area contributed by atoms with Crippen LogP contribution in [0.4, 0.5) is 5.82 Å². The Bertz CT molecular complexity index is 615. The number of piperidine rings is 1. The van der Waals surface area contributed by atoms with E-state index in [9.17, 15) is 0 Å². The molecule has 1 saturated heterocycles. The second-order valence-electron chi connectivity index (χ2n) is 5.45. The smallest absolute Gasteiger partial charge is 0.141 e. The maximum absolute atomic E-state index is 5.99. The van der Waals surface area contributed by atoms with Crippen molar-refractivity contribution in [3.05, 3.63) is 17.3 Å². The number of fused-ring (bicyclic) bond motifs is 1. The molecule has 0 aliphatic carbocycles. The lowest BCUT2D eigenvalue weighted by atomic mass is 9.99. The molecule has 3 heterocycles. The highest BCUT2D eigenvalue weighted by molar-refractivity contribution is 7.18. The fraction of sp³-hybridized carbons (Fsp3) is 0.600. The van der Waals surface area contributed by atoms with Gasteiger partial charge in [-0.1, -0.05) is 6.92 Å². The van der Waals surface area contributed by atoms with E-state index in [0.717, 1.165) is 41.8 Å². The Hall–Kier alpha value is -1.24. The molecule has 0 radical (unpaired) electrons. The number of hydrogen-bond acceptors (Lipinski definition) is 6. The number of methoxy groups -OCH3 is 1. The zero-order valence-corrected chi connectivity index (χ0v) is 13.4. The third-order valence-corrected chi connectivity index (χ3v) is 5.44. The van der Waals surface area contributed by atoms with Crippen LogP contribution in [0.2, 0.25) is 0 Å². The van der Waals surface area contributed by atoms with Gasteiger partial charge in [0.2, 0.25) is 0 Å². The van der Waals surface area contributed by atoms with Crippen LogP contribution in [0.15, 0.2) is 12.4 Å². The van der Waals surface area contributed by atoms with Gasteiger partial charge in [-0.15, -0.1) is 11.3 Å². The summed E-state index contributed by atoms with van der Waals surface area (Å²) in [6.45, 7) is 3.73. The van der Waals surface area contributed by atoms with Crippen LogP contribution in [0.3, 0.4) is 0 Å². The summed E-state index contributed by atoms with van der Waals surface area (Å²) in [6.07, 6.45) is 4.99. The van der Waals surface area contributed by atoms with Crippen LogP contribution in [-0.4, -0.2) is 42.3 Å². The number of aromatic nitrogens is 2. The van der Waals surface area contributed by atoms with Gasteiger partial charge in [-0.2, -0.15) is 0 Å². The van der Waals surface area contributed by atoms with Gasteiger partial charge in [0.1, 0.15) is 17.0 Å². The van der Waals surface area contributed by atoms with Crippen molar-refractivity contribution in [3.63, 3.8) is 0 Å². The molecule has 1 aliphatic heterocycles. The molecule has 0 spiro atoms. The highest BCUT2D eigenvalue weighted by Crippen LogP contribution is 2.33. The van der Waals surface area contributed by atoms with Gasteiger partial charge in [-0.3, -0.25) is 0 Å². The Morgan fingerprint density at radius 2 is 2.33 bits per heavy atom. The van der Waals surface area contributed by atoms with Gasteiger partial charge < -0.3 is 15.4 Å². The van der Waals surface area contributed by atoms with Gasteiger partial charge in [-0.05, 0) is 25.3 Å². The van der Waals surface area contributed by atoms with Crippen LogP contribution in [0, 0.1) is 0 Å². The van der Waals surface area contributed by atoms with Gasteiger partial charge in [0, 0.05) is 31.1 Å². The zero-order chi connectivity index (χ0) is 14.8. The summed E-state index contributed by atoms with van der Waals surface area (Å²) < 4.78 is 5.50. The van der Waals surface area contributed by atoms with E-state index in [4.69, 9.17) is 10.5 Å². The molecule has 2 aromatic heterocycles. The van der Waals surface area contributed by atoms with Crippen molar-refractivity contribution in [2.24, 2.45) is 5.73 Å². The highest BCUT2D eigenvalue weighted by Gasteiger charge is 2.29. The first kappa shape index (κ1) is 14.7. The molecule has 5 nitrogen and oxygen atoms in total. The van der Waals surface area contributed by atoms with Crippen LogP contribution in [0.5, 0.6) is 0 Å². The van der Waals surface area contributed by atoms with Gasteiger partial charge in [0.25, 0.3) is 0 Å². The predicted octanol–water partition coefficient (Wildman–Crippen LogP) is 2.20. The topological polar surface area (TPSA) is 64.3 Å². The SMILES string of the molecule is CCc1cc2c(N3CCC(OC)CC3CN)ncnc2s1. The third kappa shape index (κ3) is 2.75. The number of anilines is 1. The lowest BCUT2D eigenvalue weighted by Gasteiger charge is -2.39. The molecule has 0 saturated carbocycles. The number of rotatable bonds is 4. The number of hydrogen-bond donors (Lipinski definition) is 1. The van der Waals surface area contributed by atoms with E-state index in [2.05, 4.69) is 27.9 Å². The molecule has 6 heteroatoms. The molecule has 2 atom stereocenters. The van der Waals surface area contributed by atoms with Gasteiger partial charge in [-0.25, -0.2) is 9.97 Å². The molecule has 21 heavy (non-hydrogen) atoms. The van der Waals surface area contributed by atoms with Crippen molar-refractivity contribution in [3.8, 4) is 0 Å². The average Bonchev–Trinajstić information content (AvgIpc) is 2.97. The Morgan fingerprint density at radius 1 is 1.48 bits per heavy atom. The van der Waals surface area contributed by atoms with Gasteiger partial charge >= 0.3 is 0 Å². The van der Waals surface area contributed by atoms with Crippen LogP contribution >= 0.6 is 11.3 Å². The van der Waals surface area contributed by atoms with E-state index in [-0.39, 0.29) is 6.04 Å². The summed E-state index contributed by atoms with van der Waals surface area (Å²) in [6, 6.07) is 2.51. The Labute approximate surface area is 129 Å². The summed E-state index contributed by atoms with van der Waals surface area (Å²) in [7, 11) is 1.78. The van der Waals surface area contributed by atoms with Gasteiger partial charge in [0.05, 0.1) is 11.5 Å². The Balaban J connectivity index is 1.97. The van der Waals surface area contributed by atoms with Gasteiger partial charge in [0.15, 0.2) is 0 Å². The molecule has 1 fully saturated rings. The van der Waals surface area contributed by atoms with E-state index in [0.29, 0.717) is 12.6 Å². The molecule has 114 valence electrons. The summed E-state index contributed by atoms with van der Waals surface area (Å²) in [5.74, 6) is 1.03. The Morgan fingerprint density at radius 3 is 3.05 bits per heavy atom. The van der Waals surface area contributed by atoms with Crippen LogP contribution in [0.1, 0.15) is 24.6 Å². The quantitative estimate of drug-likeness (QED) is 0.938. The molecule has 1 aliphatic rings. The highest BCUT2D eigenvalue weighted by atomic mass is 32.1. The fourth-order valence-electron chi connectivity index (χ4n) is 3.03. The molecule has 0 bridgehead atoms. The zero-order valence-electron chi connectivity index (χ0n) is 12.6. The van der Waals surface area contributed by atoms with Crippen molar-refractivity contribution < 1.29 is 4.74 Å². The minimum atomic E-state index is 0.284. The number of nitrogens with two attached hydrogens (primary N) is 1. The third-order valence-electron chi connectivity index (χ3n) is 4.25. The predicted molar refractivity (Wildman–Crippen MR) is 87.0 cm³/mol. The lowest BCUT2D eigenvalue weighted by Crippen LogP contribution is -2.49. The van der Waals surface area contributed by atoms with Crippen LogP contribution in [-0.2, 0) is 11.2 Å². The van der Waals surface area contributed by atoms with Crippen molar-refractivity contribution in [1.82, 2.24) is 9.97 Å². The summed E-state index contributed by atoms with van der Waals surface area (Å²) >= 11 is 1.76. The minimum absolute atomic E-state index is 0.284. The van der Waals surface area contributed by atoms with Crippen LogP contribution in [0.25, 0.3) is 10.2 Å². The molecular formula is C15H22N4OS. The first-order chi connectivity index (χ1) is 10.3. The van der Waals surface area contributed by atoms with E-state index in [1.165, 1.54) is 4.88 Å². The van der Waals surface area contributed by atoms with Crippen molar-refractivity contribution in [1.29, 1.82) is 0 Å². The van der Waals surface area contributed by atoms with E-state index in [1.54, 1.807) is 24.8 Å². The molecule has 2 N–H and O–H groups in total. The standard InChI is InChI=1S/C15H22N4OS/c1-3-12-7-13-14(17-9-18-15(13)21-12)19-5-4-11(20-2)6-10(19)8-16/h7,9-11H,3-6,8,16H2,1-2H3. The first-order valence-corrected chi connectivity index (χ1v) is 8.31. The normalized spacial score (nSPS) is 22.9. The molecule has 2 unspecified atom stereocenters. The number of ether oxygens (including phenoxy) is 1. The minimum Gasteiger partial charge on any atom is -0.381 e. The molecule has 3 rings (SSSR count). The van der Waals surface area contributed by atoms with Crippen LogP contribution < -0.4 is 10.6 Å². The van der Waals surface area contributed by atoms with E-state index >= 15 is 0 Å². The van der Waals surface area contributed by atoms with Crippen molar-refractivity contribution in [2.75, 3.05) is 25.1 Å². The molecule has 0 aromatic carbocycles. The largest absolute Gasteiger partial charge is 0.381 e. The van der Waals surface area contributed by atoms with Crippen molar-refractivity contribution >= 4 is 27.4 Å². The van der Waals surface area contributed by atoms with E-state index in [1.807, 2.05) is 0 Å². The van der Waals surface area contributed by atoms with Crippen molar-refractivity contribution in [2.45, 2.75) is 38.3 Å². The maximum Gasteiger partial charge on any atom is 0.141 e. The summed E-state index contributed by atoms with van der Waals surface area (Å²) in [5, 5.41) is 1.16. The second kappa shape index (κ2) is 6.25. The Kier molecular flexibility index (Phi) is 4.37.